The Hall–Kier alpha value is -1.43. The van der Waals surface area contributed by atoms with Crippen LogP contribution in [-0.2, 0) is 18.5 Å². The molecule has 18 heavy (non-hydrogen) atoms. The molecule has 2 aromatic rings. The molecule has 0 saturated carbocycles. The first-order valence-corrected chi connectivity index (χ1v) is 6.70. The van der Waals surface area contributed by atoms with Crippen molar-refractivity contribution in [2.24, 2.45) is 0 Å². The molecule has 1 heterocycles. The number of rotatable bonds is 5. The summed E-state index contributed by atoms with van der Waals surface area (Å²) >= 11 is 3.31. The van der Waals surface area contributed by atoms with E-state index >= 15 is 0 Å². The van der Waals surface area contributed by atoms with E-state index in [9.17, 15) is 4.39 Å². The van der Waals surface area contributed by atoms with E-state index in [0.717, 1.165) is 17.9 Å². The molecule has 0 unspecified atom stereocenters. The summed E-state index contributed by atoms with van der Waals surface area (Å²) in [5.74, 6) is 1.13. The molecule has 0 atom stereocenters. The Morgan fingerprint density at radius 2 is 2.28 bits per heavy atom. The number of hydrogen-bond acceptors (Lipinski definition) is 3. The van der Waals surface area contributed by atoms with Crippen molar-refractivity contribution in [3.8, 4) is 5.75 Å². The molecule has 4 nitrogen and oxygen atoms in total. The number of benzene rings is 1. The first-order chi connectivity index (χ1) is 8.74. The van der Waals surface area contributed by atoms with Crippen molar-refractivity contribution in [3.63, 3.8) is 0 Å². The second-order valence-corrected chi connectivity index (χ2v) is 4.23. The van der Waals surface area contributed by atoms with E-state index in [1.54, 1.807) is 10.7 Å². The van der Waals surface area contributed by atoms with Gasteiger partial charge in [-0.1, -0.05) is 15.9 Å². The highest BCUT2D eigenvalue weighted by molar-refractivity contribution is 9.08. The van der Waals surface area contributed by atoms with Crippen molar-refractivity contribution >= 4 is 15.9 Å². The zero-order valence-electron chi connectivity index (χ0n) is 9.94. The SMILES string of the molecule is CCn1ncnc1COc1ccc(F)cc1CBr. The van der Waals surface area contributed by atoms with E-state index in [0.29, 0.717) is 17.7 Å². The Bertz CT molecular complexity index is 530. The number of aryl methyl sites for hydroxylation is 1. The third kappa shape index (κ3) is 2.87. The van der Waals surface area contributed by atoms with Gasteiger partial charge in [0.05, 0.1) is 0 Å². The molecule has 0 aliphatic rings. The van der Waals surface area contributed by atoms with Gasteiger partial charge in [-0.2, -0.15) is 5.10 Å². The molecular formula is C12H13BrFN3O. The van der Waals surface area contributed by atoms with E-state index in [1.165, 1.54) is 18.5 Å². The molecule has 2 rings (SSSR count). The van der Waals surface area contributed by atoms with Gasteiger partial charge in [0, 0.05) is 17.4 Å². The maximum atomic E-state index is 13.1. The van der Waals surface area contributed by atoms with Crippen LogP contribution in [0, 0.1) is 5.82 Å². The number of hydrogen-bond donors (Lipinski definition) is 0. The number of halogens is 2. The Kier molecular flexibility index (Phi) is 4.30. The van der Waals surface area contributed by atoms with Crippen LogP contribution in [0.25, 0.3) is 0 Å². The summed E-state index contributed by atoms with van der Waals surface area (Å²) in [4.78, 5) is 4.12. The van der Waals surface area contributed by atoms with Gasteiger partial charge in [0.25, 0.3) is 0 Å². The van der Waals surface area contributed by atoms with Gasteiger partial charge in [0.2, 0.25) is 0 Å². The van der Waals surface area contributed by atoms with E-state index < -0.39 is 0 Å². The summed E-state index contributed by atoms with van der Waals surface area (Å²) in [5.41, 5.74) is 0.776. The smallest absolute Gasteiger partial charge is 0.164 e. The highest BCUT2D eigenvalue weighted by Crippen LogP contribution is 2.22. The third-order valence-electron chi connectivity index (χ3n) is 2.52. The molecule has 1 aromatic heterocycles. The van der Waals surface area contributed by atoms with Crippen LogP contribution >= 0.6 is 15.9 Å². The van der Waals surface area contributed by atoms with Gasteiger partial charge < -0.3 is 4.74 Å². The van der Waals surface area contributed by atoms with Gasteiger partial charge in [-0.25, -0.2) is 14.1 Å². The molecule has 0 aliphatic heterocycles. The van der Waals surface area contributed by atoms with Gasteiger partial charge in [-0.05, 0) is 25.1 Å². The number of nitrogens with zero attached hydrogens (tertiary/aromatic N) is 3. The normalized spacial score (nSPS) is 10.6. The molecule has 0 bridgehead atoms. The molecular weight excluding hydrogens is 301 g/mol. The first-order valence-electron chi connectivity index (χ1n) is 5.58. The van der Waals surface area contributed by atoms with Crippen molar-refractivity contribution < 1.29 is 9.13 Å². The topological polar surface area (TPSA) is 39.9 Å². The fraction of sp³-hybridized carbons (Fsp3) is 0.333. The predicted octanol–water partition coefficient (Wildman–Crippen LogP) is 2.91. The molecule has 0 saturated heterocycles. The van der Waals surface area contributed by atoms with Crippen LogP contribution in [0.4, 0.5) is 4.39 Å². The molecule has 0 spiro atoms. The fourth-order valence-electron chi connectivity index (χ4n) is 1.60. The van der Waals surface area contributed by atoms with E-state index in [4.69, 9.17) is 4.74 Å². The second-order valence-electron chi connectivity index (χ2n) is 3.67. The molecule has 0 N–H and O–H groups in total. The van der Waals surface area contributed by atoms with Crippen molar-refractivity contribution in [2.75, 3.05) is 0 Å². The lowest BCUT2D eigenvalue weighted by molar-refractivity contribution is 0.285. The minimum Gasteiger partial charge on any atom is -0.485 e. The lowest BCUT2D eigenvalue weighted by Gasteiger charge is -2.10. The van der Waals surface area contributed by atoms with Gasteiger partial charge in [0.15, 0.2) is 5.82 Å². The first kappa shape index (κ1) is 13.0. The lowest BCUT2D eigenvalue weighted by atomic mass is 10.2. The molecule has 0 aliphatic carbocycles. The lowest BCUT2D eigenvalue weighted by Crippen LogP contribution is -2.08. The minimum atomic E-state index is -0.270. The molecule has 6 heteroatoms. The number of ether oxygens (including phenoxy) is 1. The maximum Gasteiger partial charge on any atom is 0.164 e. The largest absolute Gasteiger partial charge is 0.485 e. The van der Waals surface area contributed by atoms with Crippen LogP contribution in [0.3, 0.4) is 0 Å². The fourth-order valence-corrected chi connectivity index (χ4v) is 2.04. The summed E-state index contributed by atoms with van der Waals surface area (Å²) in [5, 5.41) is 4.60. The monoisotopic (exact) mass is 313 g/mol. The van der Waals surface area contributed by atoms with Crippen molar-refractivity contribution in [2.45, 2.75) is 25.4 Å². The average molecular weight is 314 g/mol. The Balaban J connectivity index is 2.10. The van der Waals surface area contributed by atoms with Gasteiger partial charge in [0.1, 0.15) is 24.5 Å². The average Bonchev–Trinajstić information content (AvgIpc) is 2.84. The number of alkyl halides is 1. The quantitative estimate of drug-likeness (QED) is 0.797. The van der Waals surface area contributed by atoms with Gasteiger partial charge >= 0.3 is 0 Å². The molecule has 0 radical (unpaired) electrons. The Morgan fingerprint density at radius 1 is 1.44 bits per heavy atom. The van der Waals surface area contributed by atoms with Gasteiger partial charge in [-0.3, -0.25) is 0 Å². The summed E-state index contributed by atoms with van der Waals surface area (Å²) in [7, 11) is 0. The van der Waals surface area contributed by atoms with E-state index in [2.05, 4.69) is 26.0 Å². The Morgan fingerprint density at radius 3 is 3.00 bits per heavy atom. The van der Waals surface area contributed by atoms with Crippen molar-refractivity contribution in [1.82, 2.24) is 14.8 Å². The van der Waals surface area contributed by atoms with Crippen LogP contribution in [0.1, 0.15) is 18.3 Å². The number of aromatic nitrogens is 3. The highest BCUT2D eigenvalue weighted by Gasteiger charge is 2.07. The summed E-state index contributed by atoms with van der Waals surface area (Å²) in [6.07, 6.45) is 1.50. The van der Waals surface area contributed by atoms with Crippen LogP contribution in [0.5, 0.6) is 5.75 Å². The minimum absolute atomic E-state index is 0.270. The predicted molar refractivity (Wildman–Crippen MR) is 69.1 cm³/mol. The standard InChI is InChI=1S/C12H13BrFN3O/c1-2-17-12(15-8-16-17)7-18-11-4-3-10(14)5-9(11)6-13/h3-5,8H,2,6-7H2,1H3. The highest BCUT2D eigenvalue weighted by atomic mass is 79.9. The summed E-state index contributed by atoms with van der Waals surface area (Å²) < 4.78 is 20.5. The van der Waals surface area contributed by atoms with E-state index in [1.807, 2.05) is 6.92 Å². The molecule has 1 aromatic carbocycles. The van der Waals surface area contributed by atoms with Crippen molar-refractivity contribution in [1.29, 1.82) is 0 Å². The second kappa shape index (κ2) is 5.95. The van der Waals surface area contributed by atoms with E-state index in [-0.39, 0.29) is 5.82 Å². The zero-order chi connectivity index (χ0) is 13.0. The molecule has 0 amide bonds. The third-order valence-corrected chi connectivity index (χ3v) is 3.12. The van der Waals surface area contributed by atoms with Gasteiger partial charge in [-0.15, -0.1) is 0 Å². The van der Waals surface area contributed by atoms with Crippen molar-refractivity contribution in [3.05, 3.63) is 41.7 Å². The molecule has 96 valence electrons. The Labute approximate surface area is 113 Å². The zero-order valence-corrected chi connectivity index (χ0v) is 11.5. The summed E-state index contributed by atoms with van der Waals surface area (Å²) in [6, 6.07) is 4.46. The van der Waals surface area contributed by atoms with Crippen LogP contribution in [0.2, 0.25) is 0 Å². The van der Waals surface area contributed by atoms with Crippen LogP contribution in [-0.4, -0.2) is 14.8 Å². The molecule has 0 fully saturated rings. The maximum absolute atomic E-state index is 13.1. The van der Waals surface area contributed by atoms with Crippen LogP contribution < -0.4 is 4.74 Å². The summed E-state index contributed by atoms with van der Waals surface area (Å²) in [6.45, 7) is 3.05. The van der Waals surface area contributed by atoms with Crippen LogP contribution in [0.15, 0.2) is 24.5 Å².